The predicted octanol–water partition coefficient (Wildman–Crippen LogP) is 2.59. The fraction of sp³-hybridized carbons (Fsp3) is 0.364. The number of nitrogens with one attached hydrogen (secondary N) is 1. The monoisotopic (exact) mass is 395 g/mol. The number of hydrogen-bond acceptors (Lipinski definition) is 4. The van der Waals surface area contributed by atoms with Crippen molar-refractivity contribution in [3.63, 3.8) is 0 Å². The number of hydrogen-bond donors (Lipinski definition) is 1. The van der Waals surface area contributed by atoms with Crippen LogP contribution < -0.4 is 5.32 Å². The van der Waals surface area contributed by atoms with Gasteiger partial charge in [-0.25, -0.2) is 0 Å². The molecule has 0 radical (unpaired) electrons. The quantitative estimate of drug-likeness (QED) is 0.846. The summed E-state index contributed by atoms with van der Waals surface area (Å²) in [5, 5.41) is 3.19. The molecule has 2 aliphatic heterocycles. The number of carbonyl (C=O) groups excluding carboxylic acids is 2. The fourth-order valence-electron chi connectivity index (χ4n) is 3.84. The van der Waals surface area contributed by atoms with Crippen LogP contribution in [0.3, 0.4) is 0 Å². The summed E-state index contributed by atoms with van der Waals surface area (Å²) >= 11 is 1.64. The lowest BCUT2D eigenvalue weighted by Gasteiger charge is -2.25. The number of nitrogens with zero attached hydrogens (tertiary/aromatic N) is 2. The van der Waals surface area contributed by atoms with E-state index in [2.05, 4.69) is 34.5 Å². The maximum absolute atomic E-state index is 12.9. The largest absolute Gasteiger partial charge is 0.350 e. The van der Waals surface area contributed by atoms with Gasteiger partial charge in [0.25, 0.3) is 5.91 Å². The van der Waals surface area contributed by atoms with Crippen LogP contribution in [0.15, 0.2) is 60.7 Å². The maximum Gasteiger partial charge on any atom is 0.255 e. The first-order valence-electron chi connectivity index (χ1n) is 9.71. The van der Waals surface area contributed by atoms with Crippen LogP contribution in [-0.2, 0) is 11.3 Å². The van der Waals surface area contributed by atoms with Crippen molar-refractivity contribution in [1.82, 2.24) is 15.1 Å². The molecule has 0 unspecified atom stereocenters. The highest BCUT2D eigenvalue weighted by Gasteiger charge is 2.36. The molecule has 0 spiro atoms. The third-order valence-electron chi connectivity index (χ3n) is 5.33. The lowest BCUT2D eigenvalue weighted by Crippen LogP contribution is -2.50. The van der Waals surface area contributed by atoms with E-state index >= 15 is 0 Å². The Labute approximate surface area is 170 Å². The van der Waals surface area contributed by atoms with Crippen LogP contribution >= 0.6 is 11.8 Å². The molecule has 2 atom stereocenters. The Morgan fingerprint density at radius 1 is 1.04 bits per heavy atom. The van der Waals surface area contributed by atoms with Gasteiger partial charge in [-0.1, -0.05) is 48.5 Å². The summed E-state index contributed by atoms with van der Waals surface area (Å²) < 4.78 is 0. The molecule has 2 amide bonds. The summed E-state index contributed by atoms with van der Waals surface area (Å²) in [6.07, 6.45) is 0.949. The number of thioether (sulfide) groups is 1. The zero-order chi connectivity index (χ0) is 19.3. The topological polar surface area (TPSA) is 52.7 Å². The smallest absolute Gasteiger partial charge is 0.255 e. The first-order chi connectivity index (χ1) is 13.7. The molecule has 4 rings (SSSR count). The maximum atomic E-state index is 12.9. The van der Waals surface area contributed by atoms with Crippen molar-refractivity contribution in [2.75, 3.05) is 24.7 Å². The number of rotatable bonds is 5. The minimum Gasteiger partial charge on any atom is -0.350 e. The molecule has 146 valence electrons. The van der Waals surface area contributed by atoms with E-state index in [0.29, 0.717) is 17.2 Å². The Balaban J connectivity index is 1.32. The molecule has 2 fully saturated rings. The van der Waals surface area contributed by atoms with Gasteiger partial charge in [-0.3, -0.25) is 14.5 Å². The van der Waals surface area contributed by atoms with Gasteiger partial charge in [-0.2, -0.15) is 0 Å². The van der Waals surface area contributed by atoms with Crippen molar-refractivity contribution in [3.8, 4) is 0 Å². The molecule has 28 heavy (non-hydrogen) atoms. The van der Waals surface area contributed by atoms with Crippen LogP contribution in [-0.4, -0.2) is 58.4 Å². The Morgan fingerprint density at radius 2 is 1.75 bits per heavy atom. The van der Waals surface area contributed by atoms with E-state index in [1.54, 1.807) is 28.8 Å². The van der Waals surface area contributed by atoms with E-state index in [0.717, 1.165) is 26.1 Å². The standard InChI is InChI=1S/C22H25N3O2S/c26-21(20-15-28-16-25(20)22(27)18-9-5-2-6-10-18)23-19-11-12-24(14-19)13-17-7-3-1-4-8-17/h1-10,19-20H,11-16H2,(H,23,26)/t19-,20-/m1/s1. The van der Waals surface area contributed by atoms with E-state index in [1.807, 2.05) is 24.3 Å². The van der Waals surface area contributed by atoms with Gasteiger partial charge in [0, 0.05) is 37.0 Å². The van der Waals surface area contributed by atoms with Crippen molar-refractivity contribution in [2.45, 2.75) is 25.0 Å². The molecule has 2 aromatic carbocycles. The molecule has 0 aliphatic carbocycles. The van der Waals surface area contributed by atoms with E-state index in [9.17, 15) is 9.59 Å². The van der Waals surface area contributed by atoms with Crippen molar-refractivity contribution in [1.29, 1.82) is 0 Å². The highest BCUT2D eigenvalue weighted by atomic mass is 32.2. The van der Waals surface area contributed by atoms with Crippen molar-refractivity contribution in [3.05, 3.63) is 71.8 Å². The molecular formula is C22H25N3O2S. The molecule has 0 aromatic heterocycles. The van der Waals surface area contributed by atoms with E-state index in [4.69, 9.17) is 0 Å². The minimum atomic E-state index is -0.388. The van der Waals surface area contributed by atoms with E-state index in [1.165, 1.54) is 5.56 Å². The van der Waals surface area contributed by atoms with Gasteiger partial charge < -0.3 is 10.2 Å². The lowest BCUT2D eigenvalue weighted by molar-refractivity contribution is -0.125. The van der Waals surface area contributed by atoms with E-state index in [-0.39, 0.29) is 23.9 Å². The molecular weight excluding hydrogens is 370 g/mol. The van der Waals surface area contributed by atoms with Gasteiger partial charge in [0.1, 0.15) is 6.04 Å². The third-order valence-corrected chi connectivity index (χ3v) is 6.35. The molecule has 2 saturated heterocycles. The molecule has 2 aromatic rings. The lowest BCUT2D eigenvalue weighted by atomic mass is 10.1. The van der Waals surface area contributed by atoms with Crippen LogP contribution in [0.2, 0.25) is 0 Å². The average molecular weight is 396 g/mol. The molecule has 5 nitrogen and oxygen atoms in total. The molecule has 0 saturated carbocycles. The van der Waals surface area contributed by atoms with Crippen molar-refractivity contribution in [2.24, 2.45) is 0 Å². The summed E-state index contributed by atoms with van der Waals surface area (Å²) in [6.45, 7) is 2.74. The second-order valence-electron chi connectivity index (χ2n) is 7.37. The molecule has 6 heteroatoms. The van der Waals surface area contributed by atoms with Crippen LogP contribution in [0.4, 0.5) is 0 Å². The number of amides is 2. The highest BCUT2D eigenvalue weighted by molar-refractivity contribution is 7.99. The summed E-state index contributed by atoms with van der Waals surface area (Å²) in [6, 6.07) is 19.4. The van der Waals surface area contributed by atoms with Crippen molar-refractivity contribution < 1.29 is 9.59 Å². The van der Waals surface area contributed by atoms with Crippen LogP contribution in [0.5, 0.6) is 0 Å². The van der Waals surface area contributed by atoms with Crippen LogP contribution in [0, 0.1) is 0 Å². The Kier molecular flexibility index (Phi) is 5.98. The van der Waals surface area contributed by atoms with Gasteiger partial charge in [-0.15, -0.1) is 11.8 Å². The SMILES string of the molecule is O=C(N[C@@H]1CCN(Cc2ccccc2)C1)[C@H]1CSCN1C(=O)c1ccccc1. The second kappa shape index (κ2) is 8.80. The predicted molar refractivity (Wildman–Crippen MR) is 112 cm³/mol. The number of likely N-dealkylation sites (tertiary alicyclic amines) is 1. The zero-order valence-corrected chi connectivity index (χ0v) is 16.6. The molecule has 1 N–H and O–H groups in total. The first kappa shape index (κ1) is 19.0. The molecule has 2 aliphatic rings. The van der Waals surface area contributed by atoms with E-state index < -0.39 is 0 Å². The Hall–Kier alpha value is -2.31. The third kappa shape index (κ3) is 4.39. The van der Waals surface area contributed by atoms with Gasteiger partial charge >= 0.3 is 0 Å². The minimum absolute atomic E-state index is 0.0270. The normalized spacial score (nSPS) is 22.4. The van der Waals surface area contributed by atoms with Gasteiger partial charge in [0.15, 0.2) is 0 Å². The Bertz CT molecular complexity index is 815. The highest BCUT2D eigenvalue weighted by Crippen LogP contribution is 2.24. The molecule has 2 heterocycles. The summed E-state index contributed by atoms with van der Waals surface area (Å²) in [5.74, 6) is 1.13. The van der Waals surface area contributed by atoms with Crippen molar-refractivity contribution >= 4 is 23.6 Å². The first-order valence-corrected chi connectivity index (χ1v) is 10.9. The average Bonchev–Trinajstić information content (AvgIpc) is 3.38. The number of carbonyl (C=O) groups is 2. The summed E-state index contributed by atoms with van der Waals surface area (Å²) in [7, 11) is 0. The second-order valence-corrected chi connectivity index (χ2v) is 8.37. The summed E-state index contributed by atoms with van der Waals surface area (Å²) in [4.78, 5) is 29.7. The van der Waals surface area contributed by atoms with Crippen LogP contribution in [0.25, 0.3) is 0 Å². The molecule has 0 bridgehead atoms. The van der Waals surface area contributed by atoms with Crippen LogP contribution in [0.1, 0.15) is 22.3 Å². The summed E-state index contributed by atoms with van der Waals surface area (Å²) in [5.41, 5.74) is 1.93. The zero-order valence-electron chi connectivity index (χ0n) is 15.8. The van der Waals surface area contributed by atoms with Gasteiger partial charge in [0.2, 0.25) is 5.91 Å². The fourth-order valence-corrected chi connectivity index (χ4v) is 4.99. The van der Waals surface area contributed by atoms with Gasteiger partial charge in [0.05, 0.1) is 5.88 Å². The van der Waals surface area contributed by atoms with Gasteiger partial charge in [-0.05, 0) is 24.1 Å². The number of benzene rings is 2. The Morgan fingerprint density at radius 3 is 2.50 bits per heavy atom.